The quantitative estimate of drug-likeness (QED) is 0.763. The summed E-state index contributed by atoms with van der Waals surface area (Å²) >= 11 is 0. The first kappa shape index (κ1) is 17.1. The Hall–Kier alpha value is -0.960. The predicted molar refractivity (Wildman–Crippen MR) is 75.7 cm³/mol. The SMILES string of the molecule is CC(CCCO)NS(=O)(=O)c1ccc(S(C)(=O)=O)cc1. The standard InChI is InChI=1S/C12H19NO5S2/c1-10(4-3-9-14)13-20(17,18)12-7-5-11(6-8-12)19(2,15)16/h5-8,10,13-14H,3-4,9H2,1-2H3. The molecule has 1 unspecified atom stereocenters. The lowest BCUT2D eigenvalue weighted by Crippen LogP contribution is -2.32. The molecule has 1 rings (SSSR count). The Kier molecular flexibility index (Phi) is 5.69. The van der Waals surface area contributed by atoms with Gasteiger partial charge in [-0.1, -0.05) is 0 Å². The van der Waals surface area contributed by atoms with Crippen molar-refractivity contribution >= 4 is 19.9 Å². The Morgan fingerprint density at radius 2 is 1.60 bits per heavy atom. The second kappa shape index (κ2) is 6.66. The van der Waals surface area contributed by atoms with Crippen molar-refractivity contribution in [1.29, 1.82) is 0 Å². The van der Waals surface area contributed by atoms with E-state index >= 15 is 0 Å². The van der Waals surface area contributed by atoms with Crippen molar-refractivity contribution in [3.63, 3.8) is 0 Å². The normalized spacial score (nSPS) is 14.2. The maximum atomic E-state index is 12.0. The smallest absolute Gasteiger partial charge is 0.240 e. The fraction of sp³-hybridized carbons (Fsp3) is 0.500. The highest BCUT2D eigenvalue weighted by atomic mass is 32.2. The Bertz CT molecular complexity index is 635. The fourth-order valence-corrected chi connectivity index (χ4v) is 3.56. The number of benzene rings is 1. The van der Waals surface area contributed by atoms with Gasteiger partial charge in [-0.25, -0.2) is 21.6 Å². The summed E-state index contributed by atoms with van der Waals surface area (Å²) in [5, 5.41) is 8.70. The van der Waals surface area contributed by atoms with E-state index in [9.17, 15) is 16.8 Å². The van der Waals surface area contributed by atoms with E-state index in [0.29, 0.717) is 12.8 Å². The summed E-state index contributed by atoms with van der Waals surface area (Å²) in [6.07, 6.45) is 2.10. The van der Waals surface area contributed by atoms with E-state index in [1.165, 1.54) is 24.3 Å². The van der Waals surface area contributed by atoms with Crippen molar-refractivity contribution in [2.24, 2.45) is 0 Å². The van der Waals surface area contributed by atoms with Crippen LogP contribution in [0.15, 0.2) is 34.1 Å². The van der Waals surface area contributed by atoms with Gasteiger partial charge in [0.05, 0.1) is 9.79 Å². The molecule has 114 valence electrons. The first-order valence-corrected chi connectivity index (χ1v) is 9.47. The molecule has 1 aromatic rings. The molecule has 0 bridgehead atoms. The van der Waals surface area contributed by atoms with Crippen LogP contribution in [0.1, 0.15) is 19.8 Å². The van der Waals surface area contributed by atoms with Crippen LogP contribution in [0.5, 0.6) is 0 Å². The molecule has 0 saturated heterocycles. The second-order valence-electron chi connectivity index (χ2n) is 4.63. The lowest BCUT2D eigenvalue weighted by atomic mass is 10.2. The van der Waals surface area contributed by atoms with Crippen LogP contribution in [0.3, 0.4) is 0 Å². The third kappa shape index (κ3) is 4.86. The molecular formula is C12H19NO5S2. The van der Waals surface area contributed by atoms with Crippen LogP contribution in [-0.4, -0.2) is 40.8 Å². The average Bonchev–Trinajstić information content (AvgIpc) is 2.35. The van der Waals surface area contributed by atoms with Gasteiger partial charge >= 0.3 is 0 Å². The van der Waals surface area contributed by atoms with Gasteiger partial charge in [-0.2, -0.15) is 0 Å². The third-order valence-electron chi connectivity index (χ3n) is 2.71. The van der Waals surface area contributed by atoms with Gasteiger partial charge in [-0.05, 0) is 44.0 Å². The highest BCUT2D eigenvalue weighted by Crippen LogP contribution is 2.15. The lowest BCUT2D eigenvalue weighted by molar-refractivity contribution is 0.279. The monoisotopic (exact) mass is 321 g/mol. The minimum absolute atomic E-state index is 0.00905. The molecule has 0 saturated carbocycles. The van der Waals surface area contributed by atoms with Gasteiger partial charge in [-0.3, -0.25) is 0 Å². The van der Waals surface area contributed by atoms with Gasteiger partial charge in [0.25, 0.3) is 0 Å². The molecule has 1 aromatic carbocycles. The summed E-state index contributed by atoms with van der Waals surface area (Å²) in [7, 11) is -7.02. The van der Waals surface area contributed by atoms with E-state index < -0.39 is 19.9 Å². The topological polar surface area (TPSA) is 101 Å². The minimum atomic E-state index is -3.68. The van der Waals surface area contributed by atoms with Crippen molar-refractivity contribution in [2.45, 2.75) is 35.6 Å². The molecule has 8 heteroatoms. The summed E-state index contributed by atoms with van der Waals surface area (Å²) in [6.45, 7) is 1.72. The number of sulfonamides is 1. The van der Waals surface area contributed by atoms with Crippen molar-refractivity contribution in [3.8, 4) is 0 Å². The van der Waals surface area contributed by atoms with Crippen LogP contribution < -0.4 is 4.72 Å². The summed E-state index contributed by atoms with van der Waals surface area (Å²) in [5.74, 6) is 0. The zero-order valence-corrected chi connectivity index (χ0v) is 13.0. The summed E-state index contributed by atoms with van der Waals surface area (Å²) in [5.41, 5.74) is 0. The Labute approximate surface area is 119 Å². The van der Waals surface area contributed by atoms with Crippen LogP contribution in [0.4, 0.5) is 0 Å². The highest BCUT2D eigenvalue weighted by molar-refractivity contribution is 7.90. The summed E-state index contributed by atoms with van der Waals surface area (Å²) < 4.78 is 49.2. The molecule has 0 aliphatic rings. The van der Waals surface area contributed by atoms with E-state index in [-0.39, 0.29) is 22.4 Å². The summed E-state index contributed by atoms with van der Waals surface area (Å²) in [4.78, 5) is 0.0885. The molecule has 20 heavy (non-hydrogen) atoms. The molecule has 2 N–H and O–H groups in total. The molecule has 6 nitrogen and oxygen atoms in total. The van der Waals surface area contributed by atoms with E-state index in [1.54, 1.807) is 6.92 Å². The number of hydrogen-bond donors (Lipinski definition) is 2. The maximum Gasteiger partial charge on any atom is 0.240 e. The molecule has 0 aliphatic carbocycles. The molecule has 1 atom stereocenters. The van der Waals surface area contributed by atoms with Gasteiger partial charge in [0.1, 0.15) is 0 Å². The third-order valence-corrected chi connectivity index (χ3v) is 5.45. The van der Waals surface area contributed by atoms with E-state index in [4.69, 9.17) is 5.11 Å². The maximum absolute atomic E-state index is 12.0. The predicted octanol–water partition coefficient (Wildman–Crippen LogP) is 0.529. The van der Waals surface area contributed by atoms with Crippen molar-refractivity contribution < 1.29 is 21.9 Å². The van der Waals surface area contributed by atoms with Gasteiger partial charge < -0.3 is 5.11 Å². The minimum Gasteiger partial charge on any atom is -0.396 e. The molecular weight excluding hydrogens is 302 g/mol. The van der Waals surface area contributed by atoms with Gasteiger partial charge in [0.15, 0.2) is 9.84 Å². The van der Waals surface area contributed by atoms with Gasteiger partial charge in [0.2, 0.25) is 10.0 Å². The molecule has 0 heterocycles. The summed E-state index contributed by atoms with van der Waals surface area (Å²) in [6, 6.07) is 4.75. The molecule has 0 spiro atoms. The van der Waals surface area contributed by atoms with Crippen molar-refractivity contribution in [3.05, 3.63) is 24.3 Å². The second-order valence-corrected chi connectivity index (χ2v) is 8.36. The zero-order valence-electron chi connectivity index (χ0n) is 11.4. The van der Waals surface area contributed by atoms with Crippen molar-refractivity contribution in [2.75, 3.05) is 12.9 Å². The van der Waals surface area contributed by atoms with Crippen molar-refractivity contribution in [1.82, 2.24) is 4.72 Å². The van der Waals surface area contributed by atoms with Crippen LogP contribution in [0.2, 0.25) is 0 Å². The zero-order chi connectivity index (χ0) is 15.4. The fourth-order valence-electron chi connectivity index (χ4n) is 1.66. The van der Waals surface area contributed by atoms with Crippen LogP contribution >= 0.6 is 0 Å². The van der Waals surface area contributed by atoms with Crippen LogP contribution in [0, 0.1) is 0 Å². The first-order chi connectivity index (χ1) is 9.16. The largest absolute Gasteiger partial charge is 0.396 e. The molecule has 0 aromatic heterocycles. The Balaban J connectivity index is 2.88. The number of hydrogen-bond acceptors (Lipinski definition) is 5. The molecule has 0 amide bonds. The van der Waals surface area contributed by atoms with E-state index in [0.717, 1.165) is 6.26 Å². The number of sulfone groups is 1. The number of nitrogens with one attached hydrogen (secondary N) is 1. The van der Waals surface area contributed by atoms with Gasteiger partial charge in [-0.15, -0.1) is 0 Å². The van der Waals surface area contributed by atoms with Crippen LogP contribution in [-0.2, 0) is 19.9 Å². The molecule has 0 aliphatic heterocycles. The van der Waals surface area contributed by atoms with E-state index in [2.05, 4.69) is 4.72 Å². The highest BCUT2D eigenvalue weighted by Gasteiger charge is 2.18. The number of aliphatic hydroxyl groups excluding tert-OH is 1. The van der Waals surface area contributed by atoms with Crippen LogP contribution in [0.25, 0.3) is 0 Å². The van der Waals surface area contributed by atoms with Gasteiger partial charge in [0, 0.05) is 18.9 Å². The van der Waals surface area contributed by atoms with E-state index in [1.807, 2.05) is 0 Å². The Morgan fingerprint density at radius 1 is 1.10 bits per heavy atom. The first-order valence-electron chi connectivity index (χ1n) is 6.10. The lowest BCUT2D eigenvalue weighted by Gasteiger charge is -2.13. The number of rotatable bonds is 7. The Morgan fingerprint density at radius 3 is 2.05 bits per heavy atom. The molecule has 0 radical (unpaired) electrons. The molecule has 0 fully saturated rings. The average molecular weight is 321 g/mol. The number of aliphatic hydroxyl groups is 1.